The monoisotopic (exact) mass is 261 g/mol. The van der Waals surface area contributed by atoms with Crippen molar-refractivity contribution < 1.29 is 9.90 Å². The molecule has 4 atom stereocenters. The number of anilines is 1. The summed E-state index contributed by atoms with van der Waals surface area (Å²) in [5.74, 6) is 1.34. The third-order valence-corrected chi connectivity index (χ3v) is 4.54. The number of rotatable bonds is 3. The fourth-order valence-corrected chi connectivity index (χ4v) is 3.65. The number of amides is 2. The highest BCUT2D eigenvalue weighted by molar-refractivity contribution is 5.89. The normalized spacial score (nSPS) is 32.3. The number of aliphatic hydroxyl groups excluding tert-OH is 1. The Morgan fingerprint density at radius 3 is 2.79 bits per heavy atom. The lowest BCUT2D eigenvalue weighted by molar-refractivity contribution is 0.146. The number of nitrogens with zero attached hydrogens (tertiary/aromatic N) is 1. The summed E-state index contributed by atoms with van der Waals surface area (Å²) in [5, 5.41) is 15.3. The molecule has 0 aliphatic heterocycles. The van der Waals surface area contributed by atoms with E-state index < -0.39 is 0 Å². The van der Waals surface area contributed by atoms with Gasteiger partial charge in [0, 0.05) is 36.6 Å². The van der Waals surface area contributed by atoms with Crippen molar-refractivity contribution >= 4 is 11.7 Å². The Morgan fingerprint density at radius 2 is 2.05 bits per heavy atom. The zero-order chi connectivity index (χ0) is 13.2. The van der Waals surface area contributed by atoms with Crippen LogP contribution in [0.1, 0.15) is 19.3 Å². The van der Waals surface area contributed by atoms with E-state index >= 15 is 0 Å². The zero-order valence-corrected chi connectivity index (χ0v) is 10.7. The Kier molecular flexibility index (Phi) is 3.38. The minimum atomic E-state index is -0.192. The molecule has 1 aromatic heterocycles. The summed E-state index contributed by atoms with van der Waals surface area (Å²) >= 11 is 0. The van der Waals surface area contributed by atoms with Gasteiger partial charge in [-0.1, -0.05) is 0 Å². The smallest absolute Gasteiger partial charge is 0.319 e. The first-order valence-corrected chi connectivity index (χ1v) is 6.86. The standard InChI is InChI=1S/C14H19N3O2/c18-8-12-9-1-2-10(7-9)13(12)17-14(19)16-11-3-5-15-6-4-11/h3-6,9-10,12-13,18H,1-2,7-8H2,(H2,15,16,17,19). The van der Waals surface area contributed by atoms with Crippen molar-refractivity contribution in [2.45, 2.75) is 25.3 Å². The van der Waals surface area contributed by atoms with E-state index in [9.17, 15) is 9.90 Å². The first-order chi connectivity index (χ1) is 9.28. The number of hydrogen-bond donors (Lipinski definition) is 3. The number of nitrogens with one attached hydrogen (secondary N) is 2. The Hall–Kier alpha value is -1.62. The molecule has 5 nitrogen and oxygen atoms in total. The van der Waals surface area contributed by atoms with Crippen molar-refractivity contribution in [3.8, 4) is 0 Å². The van der Waals surface area contributed by atoms with Crippen LogP contribution < -0.4 is 10.6 Å². The number of aliphatic hydroxyl groups is 1. The van der Waals surface area contributed by atoms with E-state index in [1.807, 2.05) is 0 Å². The summed E-state index contributed by atoms with van der Waals surface area (Å²) < 4.78 is 0. The van der Waals surface area contributed by atoms with Crippen molar-refractivity contribution in [3.05, 3.63) is 24.5 Å². The minimum Gasteiger partial charge on any atom is -0.396 e. The van der Waals surface area contributed by atoms with Gasteiger partial charge in [-0.3, -0.25) is 4.98 Å². The van der Waals surface area contributed by atoms with Gasteiger partial charge in [-0.15, -0.1) is 0 Å². The summed E-state index contributed by atoms with van der Waals surface area (Å²) in [6.07, 6.45) is 6.79. The number of hydrogen-bond acceptors (Lipinski definition) is 3. The van der Waals surface area contributed by atoms with Gasteiger partial charge < -0.3 is 15.7 Å². The molecule has 3 N–H and O–H groups in total. The molecule has 4 unspecified atom stereocenters. The van der Waals surface area contributed by atoms with Crippen LogP contribution in [0.15, 0.2) is 24.5 Å². The minimum absolute atomic E-state index is 0.116. The molecule has 2 saturated carbocycles. The molecule has 2 aliphatic rings. The third kappa shape index (κ3) is 2.42. The predicted molar refractivity (Wildman–Crippen MR) is 71.6 cm³/mol. The van der Waals surface area contributed by atoms with Gasteiger partial charge in [-0.25, -0.2) is 4.79 Å². The molecule has 2 fully saturated rings. The lowest BCUT2D eigenvalue weighted by Gasteiger charge is -2.30. The van der Waals surface area contributed by atoms with Gasteiger partial charge in [0.25, 0.3) is 0 Å². The highest BCUT2D eigenvalue weighted by atomic mass is 16.3. The maximum atomic E-state index is 12.0. The maximum Gasteiger partial charge on any atom is 0.319 e. The van der Waals surface area contributed by atoms with Crippen LogP contribution in [0.3, 0.4) is 0 Å². The number of fused-ring (bicyclic) bond motifs is 2. The topological polar surface area (TPSA) is 74.2 Å². The molecule has 5 heteroatoms. The Balaban J connectivity index is 1.60. The maximum absolute atomic E-state index is 12.0. The summed E-state index contributed by atoms with van der Waals surface area (Å²) in [7, 11) is 0. The lowest BCUT2D eigenvalue weighted by Crippen LogP contribution is -2.46. The van der Waals surface area contributed by atoms with Gasteiger partial charge in [0.2, 0.25) is 0 Å². The summed E-state index contributed by atoms with van der Waals surface area (Å²) in [6, 6.07) is 3.43. The van der Waals surface area contributed by atoms with Gasteiger partial charge >= 0.3 is 6.03 Å². The van der Waals surface area contributed by atoms with E-state index in [0.29, 0.717) is 11.8 Å². The van der Waals surface area contributed by atoms with Crippen LogP contribution in [0.5, 0.6) is 0 Å². The van der Waals surface area contributed by atoms with E-state index in [4.69, 9.17) is 0 Å². The molecule has 0 radical (unpaired) electrons. The van der Waals surface area contributed by atoms with Crippen molar-refractivity contribution in [2.75, 3.05) is 11.9 Å². The van der Waals surface area contributed by atoms with Crippen LogP contribution in [0.25, 0.3) is 0 Å². The van der Waals surface area contributed by atoms with Crippen LogP contribution in [-0.2, 0) is 0 Å². The molecule has 2 aliphatic carbocycles. The largest absolute Gasteiger partial charge is 0.396 e. The van der Waals surface area contributed by atoms with Crippen LogP contribution in [0, 0.1) is 17.8 Å². The van der Waals surface area contributed by atoms with Gasteiger partial charge in [-0.2, -0.15) is 0 Å². The van der Waals surface area contributed by atoms with E-state index in [1.54, 1.807) is 24.5 Å². The molecular formula is C14H19N3O2. The summed E-state index contributed by atoms with van der Waals surface area (Å²) in [6.45, 7) is 0.168. The van der Waals surface area contributed by atoms with Crippen molar-refractivity contribution in [2.24, 2.45) is 17.8 Å². The number of pyridine rings is 1. The molecule has 0 saturated heterocycles. The first kappa shape index (κ1) is 12.4. The average molecular weight is 261 g/mol. The molecule has 19 heavy (non-hydrogen) atoms. The lowest BCUT2D eigenvalue weighted by atomic mass is 9.85. The number of carbonyl (C=O) groups is 1. The van der Waals surface area contributed by atoms with Gasteiger partial charge in [-0.05, 0) is 43.2 Å². The quantitative estimate of drug-likeness (QED) is 0.774. The third-order valence-electron chi connectivity index (χ3n) is 4.54. The molecule has 3 rings (SSSR count). The average Bonchev–Trinajstić information content (AvgIpc) is 3.00. The predicted octanol–water partition coefficient (Wildman–Crippen LogP) is 1.61. The van der Waals surface area contributed by atoms with Crippen molar-refractivity contribution in [1.29, 1.82) is 0 Å². The number of urea groups is 1. The van der Waals surface area contributed by atoms with E-state index in [2.05, 4.69) is 15.6 Å². The zero-order valence-electron chi connectivity index (χ0n) is 10.7. The summed E-state index contributed by atoms with van der Waals surface area (Å²) in [5.41, 5.74) is 0.733. The second-order valence-electron chi connectivity index (χ2n) is 5.54. The fraction of sp³-hybridized carbons (Fsp3) is 0.571. The fourth-order valence-electron chi connectivity index (χ4n) is 3.65. The van der Waals surface area contributed by atoms with E-state index in [1.165, 1.54) is 12.8 Å². The molecule has 2 amide bonds. The Labute approximate surface area is 112 Å². The number of aromatic nitrogens is 1. The van der Waals surface area contributed by atoms with Gasteiger partial charge in [0.1, 0.15) is 0 Å². The number of carbonyl (C=O) groups excluding carboxylic acids is 1. The molecule has 2 bridgehead atoms. The first-order valence-electron chi connectivity index (χ1n) is 6.86. The van der Waals surface area contributed by atoms with Gasteiger partial charge in [0.15, 0.2) is 0 Å². The second-order valence-corrected chi connectivity index (χ2v) is 5.54. The second kappa shape index (κ2) is 5.17. The van der Waals surface area contributed by atoms with Crippen LogP contribution in [0.4, 0.5) is 10.5 Å². The van der Waals surface area contributed by atoms with Crippen LogP contribution >= 0.6 is 0 Å². The van der Waals surface area contributed by atoms with E-state index in [0.717, 1.165) is 12.1 Å². The highest BCUT2D eigenvalue weighted by Crippen LogP contribution is 2.48. The van der Waals surface area contributed by atoms with E-state index in [-0.39, 0.29) is 24.6 Å². The molecular weight excluding hydrogens is 242 g/mol. The molecule has 0 spiro atoms. The molecule has 0 aromatic carbocycles. The Morgan fingerprint density at radius 1 is 1.32 bits per heavy atom. The van der Waals surface area contributed by atoms with Gasteiger partial charge in [0.05, 0.1) is 0 Å². The molecule has 102 valence electrons. The highest BCUT2D eigenvalue weighted by Gasteiger charge is 2.47. The van der Waals surface area contributed by atoms with Crippen molar-refractivity contribution in [3.63, 3.8) is 0 Å². The van der Waals surface area contributed by atoms with Crippen LogP contribution in [0.2, 0.25) is 0 Å². The Bertz CT molecular complexity index is 451. The SMILES string of the molecule is O=C(Nc1ccncc1)NC1C2CCC(C2)C1CO. The molecule has 1 heterocycles. The van der Waals surface area contributed by atoms with Crippen LogP contribution in [-0.4, -0.2) is 28.8 Å². The molecule has 1 aromatic rings. The summed E-state index contributed by atoms with van der Waals surface area (Å²) in [4.78, 5) is 15.9. The van der Waals surface area contributed by atoms with Crippen molar-refractivity contribution in [1.82, 2.24) is 10.3 Å².